The van der Waals surface area contributed by atoms with Gasteiger partial charge < -0.3 is 9.84 Å². The van der Waals surface area contributed by atoms with Gasteiger partial charge in [0.2, 0.25) is 5.88 Å². The lowest BCUT2D eigenvalue weighted by Gasteiger charge is -2.09. The van der Waals surface area contributed by atoms with Crippen molar-refractivity contribution in [2.75, 3.05) is 0 Å². The molecule has 4 nitrogen and oxygen atoms in total. The van der Waals surface area contributed by atoms with Gasteiger partial charge in [0.1, 0.15) is 5.75 Å². The zero-order valence-corrected chi connectivity index (χ0v) is 11.4. The second-order valence-corrected chi connectivity index (χ2v) is 4.66. The van der Waals surface area contributed by atoms with E-state index in [9.17, 15) is 4.79 Å². The predicted octanol–water partition coefficient (Wildman–Crippen LogP) is 4.19. The maximum Gasteiger partial charge on any atom is 0.337 e. The van der Waals surface area contributed by atoms with E-state index in [2.05, 4.69) is 4.98 Å². The van der Waals surface area contributed by atoms with Crippen molar-refractivity contribution in [3.8, 4) is 11.6 Å². The quantitative estimate of drug-likeness (QED) is 0.923. The number of aryl methyl sites for hydroxylation is 1. The Kier molecular flexibility index (Phi) is 3.93. The van der Waals surface area contributed by atoms with Gasteiger partial charge in [-0.05, 0) is 24.6 Å². The fourth-order valence-corrected chi connectivity index (χ4v) is 1.78. The van der Waals surface area contributed by atoms with E-state index < -0.39 is 5.97 Å². The molecule has 2 rings (SSSR count). The van der Waals surface area contributed by atoms with Gasteiger partial charge in [0.25, 0.3) is 0 Å². The molecule has 0 fully saturated rings. The summed E-state index contributed by atoms with van der Waals surface area (Å²) in [4.78, 5) is 14.9. The normalized spacial score (nSPS) is 10.3. The van der Waals surface area contributed by atoms with Gasteiger partial charge in [0.15, 0.2) is 0 Å². The summed E-state index contributed by atoms with van der Waals surface area (Å²) in [6.07, 6.45) is 1.24. The maximum atomic E-state index is 11.0. The summed E-state index contributed by atoms with van der Waals surface area (Å²) in [5, 5.41) is 9.55. The molecule has 0 bridgehead atoms. The zero-order chi connectivity index (χ0) is 14.0. The Hall–Kier alpha value is -1.78. The number of carbonyl (C=O) groups is 1. The van der Waals surface area contributed by atoms with E-state index in [-0.39, 0.29) is 16.5 Å². The van der Waals surface area contributed by atoms with E-state index in [0.29, 0.717) is 10.8 Å². The molecule has 1 N–H and O–H groups in total. The first-order chi connectivity index (χ1) is 8.97. The summed E-state index contributed by atoms with van der Waals surface area (Å²) in [5.74, 6) is -0.481. The standard InChI is InChI=1S/C13H9Cl2NO3/c1-7-2-3-8(14)4-11(7)19-12-5-9(13(17)18)10(15)6-16-12/h2-6H,1H3,(H,17,18). The Labute approximate surface area is 119 Å². The van der Waals surface area contributed by atoms with E-state index in [1.165, 1.54) is 12.3 Å². The van der Waals surface area contributed by atoms with Gasteiger partial charge in [-0.25, -0.2) is 9.78 Å². The number of hydrogen-bond acceptors (Lipinski definition) is 3. The molecule has 0 unspecified atom stereocenters. The van der Waals surface area contributed by atoms with Crippen molar-refractivity contribution in [3.63, 3.8) is 0 Å². The van der Waals surface area contributed by atoms with E-state index >= 15 is 0 Å². The van der Waals surface area contributed by atoms with Crippen molar-refractivity contribution in [1.29, 1.82) is 0 Å². The predicted molar refractivity (Wildman–Crippen MR) is 72.5 cm³/mol. The van der Waals surface area contributed by atoms with Crippen LogP contribution in [0.15, 0.2) is 30.5 Å². The molecule has 0 saturated carbocycles. The molecule has 1 aromatic carbocycles. The van der Waals surface area contributed by atoms with Crippen molar-refractivity contribution in [3.05, 3.63) is 51.6 Å². The van der Waals surface area contributed by atoms with Gasteiger partial charge in [0, 0.05) is 11.1 Å². The molecule has 0 amide bonds. The highest BCUT2D eigenvalue weighted by atomic mass is 35.5. The molecule has 1 heterocycles. The molecule has 0 aliphatic rings. The minimum atomic E-state index is -1.14. The first-order valence-corrected chi connectivity index (χ1v) is 6.06. The lowest BCUT2D eigenvalue weighted by atomic mass is 10.2. The average Bonchev–Trinajstić information content (AvgIpc) is 2.36. The monoisotopic (exact) mass is 297 g/mol. The molecule has 19 heavy (non-hydrogen) atoms. The minimum absolute atomic E-state index is 0.0580. The van der Waals surface area contributed by atoms with Gasteiger partial charge in [0.05, 0.1) is 16.8 Å². The van der Waals surface area contributed by atoms with Crippen LogP contribution in [0.2, 0.25) is 10.0 Å². The minimum Gasteiger partial charge on any atom is -0.478 e. The lowest BCUT2D eigenvalue weighted by molar-refractivity contribution is 0.0696. The van der Waals surface area contributed by atoms with Gasteiger partial charge in [-0.1, -0.05) is 29.3 Å². The van der Waals surface area contributed by atoms with E-state index in [4.69, 9.17) is 33.0 Å². The number of aromatic carboxylic acids is 1. The zero-order valence-electron chi connectivity index (χ0n) is 9.85. The van der Waals surface area contributed by atoms with Crippen molar-refractivity contribution in [1.82, 2.24) is 4.98 Å². The van der Waals surface area contributed by atoms with Crippen LogP contribution < -0.4 is 4.74 Å². The lowest BCUT2D eigenvalue weighted by Crippen LogP contribution is -1.99. The third-order valence-corrected chi connectivity index (χ3v) is 2.96. The third kappa shape index (κ3) is 3.16. The van der Waals surface area contributed by atoms with Gasteiger partial charge in [-0.2, -0.15) is 0 Å². The Morgan fingerprint density at radius 1 is 1.32 bits per heavy atom. The van der Waals surface area contributed by atoms with Crippen LogP contribution in [-0.2, 0) is 0 Å². The third-order valence-electron chi connectivity index (χ3n) is 2.43. The Morgan fingerprint density at radius 2 is 2.05 bits per heavy atom. The first-order valence-electron chi connectivity index (χ1n) is 5.30. The Bertz CT molecular complexity index is 644. The van der Waals surface area contributed by atoms with Crippen LogP contribution in [0.3, 0.4) is 0 Å². The van der Waals surface area contributed by atoms with Crippen molar-refractivity contribution in [2.24, 2.45) is 0 Å². The molecular weight excluding hydrogens is 289 g/mol. The van der Waals surface area contributed by atoms with Gasteiger partial charge in [-0.3, -0.25) is 0 Å². The Morgan fingerprint density at radius 3 is 2.74 bits per heavy atom. The summed E-state index contributed by atoms with van der Waals surface area (Å²) < 4.78 is 5.52. The smallest absolute Gasteiger partial charge is 0.337 e. The summed E-state index contributed by atoms with van der Waals surface area (Å²) in [7, 11) is 0. The molecule has 0 atom stereocenters. The molecule has 6 heteroatoms. The SMILES string of the molecule is Cc1ccc(Cl)cc1Oc1cc(C(=O)O)c(Cl)cn1. The largest absolute Gasteiger partial charge is 0.478 e. The van der Waals surface area contributed by atoms with E-state index in [1.54, 1.807) is 18.2 Å². The van der Waals surface area contributed by atoms with E-state index in [0.717, 1.165) is 5.56 Å². The molecule has 1 aromatic heterocycles. The van der Waals surface area contributed by atoms with Crippen molar-refractivity contribution < 1.29 is 14.6 Å². The molecule has 2 aromatic rings. The summed E-state index contributed by atoms with van der Waals surface area (Å²) in [6, 6.07) is 6.44. The van der Waals surface area contributed by atoms with Crippen LogP contribution in [0.5, 0.6) is 11.6 Å². The van der Waals surface area contributed by atoms with E-state index in [1.807, 2.05) is 6.92 Å². The van der Waals surface area contributed by atoms with Crippen LogP contribution in [0, 0.1) is 6.92 Å². The number of nitrogens with zero attached hydrogens (tertiary/aromatic N) is 1. The maximum absolute atomic E-state index is 11.0. The van der Waals surface area contributed by atoms with Crippen LogP contribution in [0.1, 0.15) is 15.9 Å². The molecule has 0 saturated heterocycles. The number of pyridine rings is 1. The van der Waals surface area contributed by atoms with Crippen LogP contribution in [-0.4, -0.2) is 16.1 Å². The molecular formula is C13H9Cl2NO3. The topological polar surface area (TPSA) is 59.4 Å². The molecule has 0 spiro atoms. The van der Waals surface area contributed by atoms with Crippen molar-refractivity contribution in [2.45, 2.75) is 6.92 Å². The molecule has 0 aliphatic carbocycles. The number of benzene rings is 1. The van der Waals surface area contributed by atoms with Gasteiger partial charge >= 0.3 is 5.97 Å². The fourth-order valence-electron chi connectivity index (χ4n) is 1.44. The van der Waals surface area contributed by atoms with Crippen molar-refractivity contribution >= 4 is 29.2 Å². The summed E-state index contributed by atoms with van der Waals surface area (Å²) in [6.45, 7) is 1.85. The second kappa shape index (κ2) is 5.47. The Balaban J connectivity index is 2.36. The van der Waals surface area contributed by atoms with Crippen LogP contribution >= 0.6 is 23.2 Å². The van der Waals surface area contributed by atoms with Crippen LogP contribution in [0.4, 0.5) is 0 Å². The number of aromatic nitrogens is 1. The summed E-state index contributed by atoms with van der Waals surface area (Å²) in [5.41, 5.74) is 0.796. The molecule has 98 valence electrons. The number of halogens is 2. The number of hydrogen-bond donors (Lipinski definition) is 1. The number of rotatable bonds is 3. The highest BCUT2D eigenvalue weighted by molar-refractivity contribution is 6.33. The number of carboxylic acid groups (broad SMARTS) is 1. The molecule has 0 radical (unpaired) electrons. The fraction of sp³-hybridized carbons (Fsp3) is 0.0769. The highest BCUT2D eigenvalue weighted by Gasteiger charge is 2.12. The second-order valence-electron chi connectivity index (χ2n) is 3.82. The van der Waals surface area contributed by atoms with Crippen LogP contribution in [0.25, 0.3) is 0 Å². The van der Waals surface area contributed by atoms with Gasteiger partial charge in [-0.15, -0.1) is 0 Å². The first kappa shape index (κ1) is 13.6. The molecule has 0 aliphatic heterocycles. The number of carboxylic acids is 1. The highest BCUT2D eigenvalue weighted by Crippen LogP contribution is 2.28. The summed E-state index contributed by atoms with van der Waals surface area (Å²) >= 11 is 11.6. The number of ether oxygens (including phenoxy) is 1. The average molecular weight is 298 g/mol.